The molecule has 0 aliphatic rings. The normalized spacial score (nSPS) is 13.9. The third kappa shape index (κ3) is 9.26. The fourth-order valence-electron chi connectivity index (χ4n) is 5.32. The lowest BCUT2D eigenvalue weighted by Gasteiger charge is -2.42. The number of fused-ring (bicyclic) bond motifs is 1. The summed E-state index contributed by atoms with van der Waals surface area (Å²) in [5.74, 6) is -1.70. The van der Waals surface area contributed by atoms with Crippen LogP contribution in [-0.4, -0.2) is 71.3 Å². The number of hydrogen-bond acceptors (Lipinski definition) is 6. The number of nitrogens with two attached hydrogens (primary N) is 1. The first kappa shape index (κ1) is 36.0. The molecule has 0 aromatic heterocycles. The summed E-state index contributed by atoms with van der Waals surface area (Å²) in [6.07, 6.45) is 3.84. The second-order valence-corrected chi connectivity index (χ2v) is 13.3. The quantitative estimate of drug-likeness (QED) is 0.209. The second kappa shape index (κ2) is 14.7. The van der Waals surface area contributed by atoms with Gasteiger partial charge in [0, 0.05) is 33.0 Å². The van der Waals surface area contributed by atoms with Gasteiger partial charge in [-0.15, -0.1) is 0 Å². The number of rotatable bonds is 13. The van der Waals surface area contributed by atoms with E-state index in [4.69, 9.17) is 10.5 Å². The first-order chi connectivity index (χ1) is 21.4. The Hall–Kier alpha value is -4.50. The van der Waals surface area contributed by atoms with Crippen molar-refractivity contribution >= 4 is 34.5 Å². The Morgan fingerprint density at radius 2 is 1.50 bits per heavy atom. The number of amides is 3. The minimum absolute atomic E-state index is 0.0430. The predicted octanol–water partition coefficient (Wildman–Crippen LogP) is 4.72. The van der Waals surface area contributed by atoms with Crippen LogP contribution in [0.1, 0.15) is 59.1 Å². The predicted molar refractivity (Wildman–Crippen MR) is 182 cm³/mol. The minimum atomic E-state index is -1.50. The van der Waals surface area contributed by atoms with E-state index >= 15 is 0 Å². The summed E-state index contributed by atoms with van der Waals surface area (Å²) in [6.45, 7) is 10.2. The van der Waals surface area contributed by atoms with Gasteiger partial charge in [-0.2, -0.15) is 0 Å². The largest absolute Gasteiger partial charge is 0.458 e. The Balaban J connectivity index is 2.07. The topological polar surface area (TPSA) is 122 Å². The summed E-state index contributed by atoms with van der Waals surface area (Å²) in [7, 11) is 3.17. The SMILES string of the molecule is CC(=O)OC(C)(C)CNC(=O)[C@@H](Cc1ccccc1)N(C)C(=O)[C@@](C)(c1ccc2ccccc2c1)N(C)C(=O)C=CCC(C)(C)N. The molecule has 0 saturated carbocycles. The standard InChI is InChI=1S/C37H48N4O5/c1-26(42)46-36(4,5)25-39-33(44)31(23-27-15-10-9-11-16-27)40(7)34(45)37(6,41(8)32(43)19-14-22-35(2,3)38)30-21-20-28-17-12-13-18-29(28)24-30/h9-21,24,31H,22-23,25,38H2,1-8H3,(H,39,44)/t31-,37-/m1/s1. The zero-order valence-electron chi connectivity index (χ0n) is 28.3. The molecule has 0 unspecified atom stereocenters. The molecule has 3 aromatic rings. The molecule has 9 heteroatoms. The van der Waals surface area contributed by atoms with Gasteiger partial charge in [-0.1, -0.05) is 72.8 Å². The van der Waals surface area contributed by atoms with Crippen LogP contribution in [-0.2, 0) is 35.9 Å². The Labute approximate surface area is 272 Å². The third-order valence-electron chi connectivity index (χ3n) is 8.10. The van der Waals surface area contributed by atoms with Crippen LogP contribution >= 0.6 is 0 Å². The zero-order chi connectivity index (χ0) is 34.3. The molecule has 0 spiro atoms. The maximum Gasteiger partial charge on any atom is 0.303 e. The van der Waals surface area contributed by atoms with Crippen molar-refractivity contribution in [2.45, 2.75) is 77.1 Å². The summed E-state index contributed by atoms with van der Waals surface area (Å²) in [5.41, 5.74) is 4.61. The van der Waals surface area contributed by atoms with Gasteiger partial charge >= 0.3 is 5.97 Å². The highest BCUT2D eigenvalue weighted by atomic mass is 16.6. The van der Waals surface area contributed by atoms with Crippen LogP contribution in [0, 0.1) is 0 Å². The summed E-state index contributed by atoms with van der Waals surface area (Å²) in [6, 6.07) is 21.9. The lowest BCUT2D eigenvalue weighted by atomic mass is 9.86. The summed E-state index contributed by atoms with van der Waals surface area (Å²) < 4.78 is 5.36. The monoisotopic (exact) mass is 628 g/mol. The fraction of sp³-hybridized carbons (Fsp3) is 0.405. The minimum Gasteiger partial charge on any atom is -0.458 e. The van der Waals surface area contributed by atoms with Gasteiger partial charge in [0.1, 0.15) is 17.2 Å². The van der Waals surface area contributed by atoms with Crippen LogP contribution in [0.3, 0.4) is 0 Å². The molecule has 0 bridgehead atoms. The van der Waals surface area contributed by atoms with E-state index in [0.717, 1.165) is 16.3 Å². The van der Waals surface area contributed by atoms with E-state index in [1.165, 1.54) is 22.8 Å². The van der Waals surface area contributed by atoms with Crippen LogP contribution in [0.2, 0.25) is 0 Å². The Bertz CT molecular complexity index is 1580. The van der Waals surface area contributed by atoms with Gasteiger partial charge in [-0.3, -0.25) is 19.2 Å². The molecular weight excluding hydrogens is 580 g/mol. The molecule has 3 rings (SSSR count). The van der Waals surface area contributed by atoms with E-state index in [9.17, 15) is 19.2 Å². The van der Waals surface area contributed by atoms with Crippen molar-refractivity contribution in [3.8, 4) is 0 Å². The number of hydrogen-bond donors (Lipinski definition) is 2. The number of ether oxygens (including phenoxy) is 1. The van der Waals surface area contributed by atoms with Gasteiger partial charge in [-0.05, 0) is 75.1 Å². The van der Waals surface area contributed by atoms with Crippen LogP contribution in [0.5, 0.6) is 0 Å². The van der Waals surface area contributed by atoms with Crippen molar-refractivity contribution in [3.05, 3.63) is 96.1 Å². The van der Waals surface area contributed by atoms with Crippen LogP contribution in [0.4, 0.5) is 0 Å². The smallest absolute Gasteiger partial charge is 0.303 e. The summed E-state index contributed by atoms with van der Waals surface area (Å²) in [5, 5.41) is 4.78. The Morgan fingerprint density at radius 3 is 2.11 bits per heavy atom. The van der Waals surface area contributed by atoms with Crippen molar-refractivity contribution < 1.29 is 23.9 Å². The van der Waals surface area contributed by atoms with E-state index < -0.39 is 40.5 Å². The number of carbonyl (C=O) groups excluding carboxylic acids is 4. The number of carbonyl (C=O) groups is 4. The Morgan fingerprint density at radius 1 is 0.891 bits per heavy atom. The molecule has 0 aliphatic heterocycles. The molecule has 3 aromatic carbocycles. The van der Waals surface area contributed by atoms with Crippen molar-refractivity contribution in [1.82, 2.24) is 15.1 Å². The van der Waals surface area contributed by atoms with Gasteiger partial charge in [0.2, 0.25) is 11.8 Å². The lowest BCUT2D eigenvalue weighted by molar-refractivity contribution is -0.155. The average molecular weight is 629 g/mol. The van der Waals surface area contributed by atoms with Crippen molar-refractivity contribution in [1.29, 1.82) is 0 Å². The number of likely N-dealkylation sites (N-methyl/N-ethyl adjacent to an activating group) is 2. The molecule has 0 fully saturated rings. The number of nitrogens with zero attached hydrogens (tertiary/aromatic N) is 2. The molecule has 3 N–H and O–H groups in total. The van der Waals surface area contributed by atoms with E-state index in [0.29, 0.717) is 12.0 Å². The number of benzene rings is 3. The molecule has 246 valence electrons. The van der Waals surface area contributed by atoms with Gasteiger partial charge in [0.05, 0.1) is 6.54 Å². The van der Waals surface area contributed by atoms with Crippen molar-refractivity contribution in [2.75, 3.05) is 20.6 Å². The molecule has 9 nitrogen and oxygen atoms in total. The van der Waals surface area contributed by atoms with E-state index in [1.807, 2.05) is 86.6 Å². The zero-order valence-corrected chi connectivity index (χ0v) is 28.3. The second-order valence-electron chi connectivity index (χ2n) is 13.3. The first-order valence-corrected chi connectivity index (χ1v) is 15.5. The molecule has 46 heavy (non-hydrogen) atoms. The van der Waals surface area contributed by atoms with Crippen molar-refractivity contribution in [2.24, 2.45) is 5.73 Å². The number of esters is 1. The fourth-order valence-corrected chi connectivity index (χ4v) is 5.32. The van der Waals surface area contributed by atoms with Gasteiger partial charge in [0.15, 0.2) is 0 Å². The van der Waals surface area contributed by atoms with E-state index in [1.54, 1.807) is 40.9 Å². The highest BCUT2D eigenvalue weighted by Crippen LogP contribution is 2.33. The maximum absolute atomic E-state index is 14.8. The Kier molecular flexibility index (Phi) is 11.5. The molecule has 3 amide bonds. The van der Waals surface area contributed by atoms with Gasteiger partial charge in [0.25, 0.3) is 5.91 Å². The molecule has 2 atom stereocenters. The number of nitrogens with one attached hydrogen (secondary N) is 1. The highest BCUT2D eigenvalue weighted by Gasteiger charge is 2.45. The average Bonchev–Trinajstić information content (AvgIpc) is 3.00. The maximum atomic E-state index is 14.8. The first-order valence-electron chi connectivity index (χ1n) is 15.5. The van der Waals surface area contributed by atoms with Crippen molar-refractivity contribution in [3.63, 3.8) is 0 Å². The summed E-state index contributed by atoms with van der Waals surface area (Å²) in [4.78, 5) is 56.7. The molecule has 0 heterocycles. The van der Waals surface area contributed by atoms with Crippen LogP contribution in [0.15, 0.2) is 84.9 Å². The summed E-state index contributed by atoms with van der Waals surface area (Å²) >= 11 is 0. The highest BCUT2D eigenvalue weighted by molar-refractivity contribution is 5.98. The van der Waals surface area contributed by atoms with Crippen LogP contribution in [0.25, 0.3) is 10.8 Å². The van der Waals surface area contributed by atoms with Gasteiger partial charge < -0.3 is 25.6 Å². The molecule has 0 radical (unpaired) electrons. The van der Waals surface area contributed by atoms with Gasteiger partial charge in [-0.25, -0.2) is 0 Å². The van der Waals surface area contributed by atoms with Crippen LogP contribution < -0.4 is 11.1 Å². The molecular formula is C37H48N4O5. The van der Waals surface area contributed by atoms with E-state index in [2.05, 4.69) is 5.32 Å². The van der Waals surface area contributed by atoms with E-state index in [-0.39, 0.29) is 18.9 Å². The molecule has 0 saturated heterocycles. The molecule has 0 aliphatic carbocycles. The third-order valence-corrected chi connectivity index (χ3v) is 8.10. The lowest BCUT2D eigenvalue weighted by Crippen LogP contribution is -2.60.